The highest BCUT2D eigenvalue weighted by Gasteiger charge is 2.33. The molecule has 0 aromatic heterocycles. The van der Waals surface area contributed by atoms with E-state index in [0.29, 0.717) is 29.1 Å². The summed E-state index contributed by atoms with van der Waals surface area (Å²) in [6.45, 7) is 4.03. The molecule has 1 aromatic rings. The Morgan fingerprint density at radius 1 is 1.12 bits per heavy atom. The Hall–Kier alpha value is -1.62. The molecular weight excluding hydrogens is 382 g/mol. The third-order valence-corrected chi connectivity index (χ3v) is 5.67. The molecule has 2 rings (SSSR count). The lowest BCUT2D eigenvalue weighted by Gasteiger charge is -2.43. The molecular formula is C16H23NO7S2. The molecule has 0 unspecified atom stereocenters. The van der Waals surface area contributed by atoms with Crippen LogP contribution in [0.2, 0.25) is 0 Å². The molecule has 0 saturated heterocycles. The summed E-state index contributed by atoms with van der Waals surface area (Å²) in [6, 6.07) is 5.13. The average molecular weight is 405 g/mol. The lowest BCUT2D eigenvalue weighted by Crippen LogP contribution is -2.46. The molecule has 0 saturated carbocycles. The van der Waals surface area contributed by atoms with Crippen molar-refractivity contribution in [2.24, 2.45) is 0 Å². The van der Waals surface area contributed by atoms with Crippen LogP contribution in [0, 0.1) is 0 Å². The molecule has 26 heavy (non-hydrogen) atoms. The Labute approximate surface area is 154 Å². The maximum Gasteiger partial charge on any atom is 0.269 e. The quantitative estimate of drug-likeness (QED) is 0.659. The van der Waals surface area contributed by atoms with E-state index < -0.39 is 31.5 Å². The lowest BCUT2D eigenvalue weighted by molar-refractivity contribution is 0.414. The van der Waals surface area contributed by atoms with E-state index in [2.05, 4.69) is 0 Å². The van der Waals surface area contributed by atoms with Crippen LogP contribution < -0.4 is 9.64 Å². The van der Waals surface area contributed by atoms with Gasteiger partial charge in [-0.15, -0.1) is 0 Å². The van der Waals surface area contributed by atoms with E-state index in [9.17, 15) is 21.4 Å². The first-order chi connectivity index (χ1) is 11.8. The number of anilines is 1. The Balaban J connectivity index is 2.47. The third kappa shape index (κ3) is 5.19. The van der Waals surface area contributed by atoms with Gasteiger partial charge in [0.1, 0.15) is 11.5 Å². The zero-order valence-corrected chi connectivity index (χ0v) is 16.5. The van der Waals surface area contributed by atoms with Crippen LogP contribution in [0.1, 0.15) is 25.8 Å². The molecule has 0 atom stereocenters. The lowest BCUT2D eigenvalue weighted by atomic mass is 9.88. The van der Waals surface area contributed by atoms with Gasteiger partial charge in [-0.05, 0) is 38.0 Å². The molecule has 1 aromatic carbocycles. The Kier molecular flexibility index (Phi) is 5.71. The molecule has 10 heteroatoms. The highest BCUT2D eigenvalue weighted by molar-refractivity contribution is 7.86. The largest absolute Gasteiger partial charge is 0.497 e. The maximum atomic E-state index is 11.4. The van der Waals surface area contributed by atoms with Gasteiger partial charge in [-0.2, -0.15) is 16.8 Å². The van der Waals surface area contributed by atoms with E-state index in [1.165, 1.54) is 7.11 Å². The van der Waals surface area contributed by atoms with Crippen LogP contribution in [-0.4, -0.2) is 56.6 Å². The fourth-order valence-corrected chi connectivity index (χ4v) is 4.28. The number of hydrogen-bond donors (Lipinski definition) is 2. The topological polar surface area (TPSA) is 121 Å². The standard InChI is InChI=1S/C16H23NO7S2/c1-16(2)10-12(11-26(21,22)23)14-6-5-13(24-3)9-15(14)17(16)7-4-8-25(18,19)20/h5-6,9-10H,4,7-8,11H2,1-3H3,(H,18,19,20)(H,21,22,23). The second-order valence-corrected chi connectivity index (χ2v) is 9.75. The Morgan fingerprint density at radius 2 is 1.77 bits per heavy atom. The summed E-state index contributed by atoms with van der Waals surface area (Å²) in [5, 5.41) is 0. The molecule has 0 bridgehead atoms. The van der Waals surface area contributed by atoms with Gasteiger partial charge < -0.3 is 9.64 Å². The van der Waals surface area contributed by atoms with E-state index in [4.69, 9.17) is 9.29 Å². The van der Waals surface area contributed by atoms with Crippen LogP contribution in [-0.2, 0) is 20.2 Å². The zero-order chi connectivity index (χ0) is 19.8. The van der Waals surface area contributed by atoms with Crippen LogP contribution in [0.3, 0.4) is 0 Å². The molecule has 0 fully saturated rings. The SMILES string of the molecule is COc1ccc2c(c1)N(CCCS(=O)(=O)O)C(C)(C)C=C2CS(=O)(=O)O. The van der Waals surface area contributed by atoms with Gasteiger partial charge in [0.2, 0.25) is 0 Å². The summed E-state index contributed by atoms with van der Waals surface area (Å²) >= 11 is 0. The monoisotopic (exact) mass is 405 g/mol. The number of nitrogens with zero attached hydrogens (tertiary/aromatic N) is 1. The first-order valence-corrected chi connectivity index (χ1v) is 11.1. The second-order valence-electron chi connectivity index (χ2n) is 6.72. The van der Waals surface area contributed by atoms with Crippen LogP contribution in [0.5, 0.6) is 5.75 Å². The van der Waals surface area contributed by atoms with Gasteiger partial charge in [0.25, 0.3) is 20.2 Å². The highest BCUT2D eigenvalue weighted by Crippen LogP contribution is 2.41. The van der Waals surface area contributed by atoms with Gasteiger partial charge in [0.05, 0.1) is 18.4 Å². The predicted molar refractivity (Wildman–Crippen MR) is 99.8 cm³/mol. The number of hydrogen-bond acceptors (Lipinski definition) is 6. The third-order valence-electron chi connectivity index (χ3n) is 4.19. The summed E-state index contributed by atoms with van der Waals surface area (Å²) in [7, 11) is -6.78. The van der Waals surface area contributed by atoms with Crippen molar-refractivity contribution in [3.05, 3.63) is 29.8 Å². The van der Waals surface area contributed by atoms with Crippen LogP contribution in [0.4, 0.5) is 5.69 Å². The predicted octanol–water partition coefficient (Wildman–Crippen LogP) is 1.84. The van der Waals surface area contributed by atoms with Crippen molar-refractivity contribution in [1.82, 2.24) is 0 Å². The van der Waals surface area contributed by atoms with Crippen molar-refractivity contribution in [3.63, 3.8) is 0 Å². The Morgan fingerprint density at radius 3 is 2.31 bits per heavy atom. The van der Waals surface area contributed by atoms with E-state index in [0.717, 1.165) is 0 Å². The van der Waals surface area contributed by atoms with E-state index >= 15 is 0 Å². The summed E-state index contributed by atoms with van der Waals surface area (Å²) < 4.78 is 68.2. The minimum absolute atomic E-state index is 0.195. The molecule has 0 aliphatic carbocycles. The second kappa shape index (κ2) is 7.18. The number of ether oxygens (including phenoxy) is 1. The Bertz CT molecular complexity index is 918. The molecule has 0 spiro atoms. The van der Waals surface area contributed by atoms with Gasteiger partial charge >= 0.3 is 0 Å². The molecule has 1 aliphatic heterocycles. The molecule has 2 N–H and O–H groups in total. The van der Waals surface area contributed by atoms with Crippen molar-refractivity contribution < 1.29 is 30.7 Å². The number of rotatable bonds is 7. The summed E-state index contributed by atoms with van der Waals surface area (Å²) in [6.07, 6.45) is 1.93. The van der Waals surface area contributed by atoms with Crippen molar-refractivity contribution in [2.75, 3.05) is 30.1 Å². The van der Waals surface area contributed by atoms with Crippen molar-refractivity contribution >= 4 is 31.5 Å². The van der Waals surface area contributed by atoms with Gasteiger partial charge in [0.15, 0.2) is 0 Å². The van der Waals surface area contributed by atoms with E-state index in [1.54, 1.807) is 24.3 Å². The number of benzene rings is 1. The van der Waals surface area contributed by atoms with Gasteiger partial charge in [-0.1, -0.05) is 6.08 Å². The van der Waals surface area contributed by atoms with Crippen LogP contribution in [0.25, 0.3) is 5.57 Å². The average Bonchev–Trinajstić information content (AvgIpc) is 2.46. The maximum absolute atomic E-state index is 11.4. The van der Waals surface area contributed by atoms with E-state index in [-0.39, 0.29) is 12.2 Å². The molecule has 1 aliphatic rings. The first kappa shape index (κ1) is 20.7. The fourth-order valence-electron chi connectivity index (χ4n) is 3.16. The van der Waals surface area contributed by atoms with E-state index in [1.807, 2.05) is 18.7 Å². The van der Waals surface area contributed by atoms with Crippen LogP contribution >= 0.6 is 0 Å². The van der Waals surface area contributed by atoms with Gasteiger partial charge in [-0.25, -0.2) is 0 Å². The summed E-state index contributed by atoms with van der Waals surface area (Å²) in [5.74, 6) is -0.331. The molecule has 0 radical (unpaired) electrons. The normalized spacial score (nSPS) is 16.8. The summed E-state index contributed by atoms with van der Waals surface area (Å²) in [5.41, 5.74) is 1.11. The summed E-state index contributed by atoms with van der Waals surface area (Å²) in [4.78, 5) is 1.92. The van der Waals surface area contributed by atoms with Crippen LogP contribution in [0.15, 0.2) is 24.3 Å². The van der Waals surface area contributed by atoms with Gasteiger partial charge in [-0.3, -0.25) is 9.11 Å². The zero-order valence-electron chi connectivity index (χ0n) is 14.8. The van der Waals surface area contributed by atoms with Crippen molar-refractivity contribution in [3.8, 4) is 5.75 Å². The molecule has 0 amide bonds. The molecule has 146 valence electrons. The minimum Gasteiger partial charge on any atom is -0.497 e. The highest BCUT2D eigenvalue weighted by atomic mass is 32.2. The first-order valence-electron chi connectivity index (χ1n) is 7.90. The van der Waals surface area contributed by atoms with Crippen molar-refractivity contribution in [2.45, 2.75) is 25.8 Å². The van der Waals surface area contributed by atoms with Gasteiger partial charge in [0, 0.05) is 23.9 Å². The minimum atomic E-state index is -4.22. The molecule has 1 heterocycles. The number of methoxy groups -OCH3 is 1. The molecule has 8 nitrogen and oxygen atoms in total. The fraction of sp³-hybridized carbons (Fsp3) is 0.500. The van der Waals surface area contributed by atoms with Crippen molar-refractivity contribution in [1.29, 1.82) is 0 Å². The smallest absolute Gasteiger partial charge is 0.269 e. The number of fused-ring (bicyclic) bond motifs is 1.